The highest BCUT2D eigenvalue weighted by Gasteiger charge is 2.20. The Morgan fingerprint density at radius 3 is 2.58 bits per heavy atom. The second-order valence-corrected chi connectivity index (χ2v) is 7.69. The molecule has 0 spiro atoms. The van der Waals surface area contributed by atoms with Crippen molar-refractivity contribution in [1.82, 2.24) is 0 Å². The molecule has 3 rings (SSSR count). The number of carbonyl (C=O) groups is 1. The second kappa shape index (κ2) is 7.35. The monoisotopic (exact) mass is 376 g/mol. The molecule has 0 aromatic heterocycles. The fourth-order valence-electron chi connectivity index (χ4n) is 2.82. The highest BCUT2D eigenvalue weighted by molar-refractivity contribution is 7.92. The van der Waals surface area contributed by atoms with Gasteiger partial charge in [0.2, 0.25) is 0 Å². The summed E-state index contributed by atoms with van der Waals surface area (Å²) in [5.41, 5.74) is 1.74. The first-order valence-corrected chi connectivity index (χ1v) is 9.65. The lowest BCUT2D eigenvalue weighted by Gasteiger charge is -2.29. The lowest BCUT2D eigenvalue weighted by molar-refractivity contribution is 0.0696. The zero-order valence-electron chi connectivity index (χ0n) is 14.3. The van der Waals surface area contributed by atoms with Gasteiger partial charge in [-0.15, -0.1) is 0 Å². The summed E-state index contributed by atoms with van der Waals surface area (Å²) in [6.45, 7) is 4.39. The molecule has 26 heavy (non-hydrogen) atoms. The normalized spacial score (nSPS) is 14.9. The molecule has 2 aromatic carbocycles. The predicted octanol–water partition coefficient (Wildman–Crippen LogP) is 2.33. The van der Waals surface area contributed by atoms with Crippen molar-refractivity contribution in [3.63, 3.8) is 0 Å². The molecule has 1 heterocycles. The van der Waals surface area contributed by atoms with E-state index in [9.17, 15) is 13.2 Å². The molecule has 0 aliphatic carbocycles. The van der Waals surface area contributed by atoms with Crippen molar-refractivity contribution in [2.24, 2.45) is 0 Å². The van der Waals surface area contributed by atoms with Gasteiger partial charge in [0, 0.05) is 18.8 Å². The number of anilines is 2. The van der Waals surface area contributed by atoms with E-state index in [1.54, 1.807) is 25.1 Å². The van der Waals surface area contributed by atoms with Crippen molar-refractivity contribution in [2.75, 3.05) is 35.9 Å². The number of rotatable bonds is 5. The number of benzene rings is 2. The minimum atomic E-state index is -3.90. The maximum atomic E-state index is 12.7. The Hall–Kier alpha value is -2.58. The quantitative estimate of drug-likeness (QED) is 0.831. The first-order chi connectivity index (χ1) is 12.4. The molecule has 1 fully saturated rings. The molecule has 0 atom stereocenters. The highest BCUT2D eigenvalue weighted by atomic mass is 32.2. The Morgan fingerprint density at radius 2 is 1.88 bits per heavy atom. The van der Waals surface area contributed by atoms with E-state index < -0.39 is 16.0 Å². The molecule has 1 aliphatic heterocycles. The zero-order valence-corrected chi connectivity index (χ0v) is 15.1. The van der Waals surface area contributed by atoms with E-state index in [0.29, 0.717) is 24.5 Å². The molecule has 2 aromatic rings. The number of nitrogens with one attached hydrogen (secondary N) is 1. The summed E-state index contributed by atoms with van der Waals surface area (Å²) in [4.78, 5) is 13.2. The Balaban J connectivity index is 1.88. The largest absolute Gasteiger partial charge is 0.478 e. The Labute approximate surface area is 152 Å². The summed E-state index contributed by atoms with van der Waals surface area (Å²) in [7, 11) is -3.90. The van der Waals surface area contributed by atoms with E-state index in [0.717, 1.165) is 18.8 Å². The summed E-state index contributed by atoms with van der Waals surface area (Å²) in [6, 6.07) is 11.2. The summed E-state index contributed by atoms with van der Waals surface area (Å²) < 4.78 is 33.4. The summed E-state index contributed by atoms with van der Waals surface area (Å²) in [5.74, 6) is -1.17. The summed E-state index contributed by atoms with van der Waals surface area (Å²) in [5, 5.41) is 9.11. The van der Waals surface area contributed by atoms with Crippen LogP contribution in [0.4, 0.5) is 11.4 Å². The third kappa shape index (κ3) is 3.97. The molecule has 7 nitrogen and oxygen atoms in total. The third-order valence-corrected chi connectivity index (χ3v) is 5.72. The number of hydrogen-bond donors (Lipinski definition) is 2. The first kappa shape index (κ1) is 18.2. The van der Waals surface area contributed by atoms with Gasteiger partial charge in [0.1, 0.15) is 0 Å². The molecule has 0 radical (unpaired) electrons. The first-order valence-electron chi connectivity index (χ1n) is 8.16. The maximum absolute atomic E-state index is 12.7. The van der Waals surface area contributed by atoms with Gasteiger partial charge in [0.25, 0.3) is 10.0 Å². The molecule has 1 aliphatic rings. The number of aryl methyl sites for hydroxylation is 1. The minimum Gasteiger partial charge on any atom is -0.478 e. The molecular weight excluding hydrogens is 356 g/mol. The number of carboxylic acids is 1. The van der Waals surface area contributed by atoms with Crippen molar-refractivity contribution in [3.8, 4) is 0 Å². The van der Waals surface area contributed by atoms with Crippen LogP contribution in [0.5, 0.6) is 0 Å². The van der Waals surface area contributed by atoms with E-state index in [2.05, 4.69) is 9.62 Å². The van der Waals surface area contributed by atoms with Gasteiger partial charge in [-0.05, 0) is 42.8 Å². The van der Waals surface area contributed by atoms with Gasteiger partial charge in [-0.1, -0.05) is 12.1 Å². The standard InChI is InChI=1S/C18H20N2O5S/c1-13-5-6-14(18(21)22)11-17(13)26(23,24)19-15-3-2-4-16(12-15)20-7-9-25-10-8-20/h2-6,11-12,19H,7-10H2,1H3,(H,21,22). The predicted molar refractivity (Wildman–Crippen MR) is 98.4 cm³/mol. The van der Waals surface area contributed by atoms with E-state index in [1.807, 2.05) is 6.07 Å². The molecule has 0 unspecified atom stereocenters. The van der Waals surface area contributed by atoms with Gasteiger partial charge in [0.15, 0.2) is 0 Å². The van der Waals surface area contributed by atoms with Gasteiger partial charge in [-0.3, -0.25) is 4.72 Å². The zero-order chi connectivity index (χ0) is 18.7. The average Bonchev–Trinajstić information content (AvgIpc) is 2.62. The van der Waals surface area contributed by atoms with Crippen molar-refractivity contribution in [3.05, 3.63) is 53.6 Å². The van der Waals surface area contributed by atoms with Crippen LogP contribution in [-0.4, -0.2) is 45.8 Å². The fraction of sp³-hybridized carbons (Fsp3) is 0.278. The lowest BCUT2D eigenvalue weighted by atomic mass is 10.1. The lowest BCUT2D eigenvalue weighted by Crippen LogP contribution is -2.36. The molecule has 8 heteroatoms. The number of sulfonamides is 1. The number of aromatic carboxylic acids is 1. The smallest absolute Gasteiger partial charge is 0.335 e. The van der Waals surface area contributed by atoms with Gasteiger partial charge in [-0.2, -0.15) is 0 Å². The number of hydrogen-bond acceptors (Lipinski definition) is 5. The van der Waals surface area contributed by atoms with Crippen molar-refractivity contribution in [2.45, 2.75) is 11.8 Å². The van der Waals surface area contributed by atoms with Crippen LogP contribution in [0.25, 0.3) is 0 Å². The van der Waals surface area contributed by atoms with Gasteiger partial charge >= 0.3 is 5.97 Å². The van der Waals surface area contributed by atoms with Gasteiger partial charge in [0.05, 0.1) is 29.4 Å². The molecule has 0 amide bonds. The third-order valence-electron chi connectivity index (χ3n) is 4.20. The van der Waals surface area contributed by atoms with E-state index in [4.69, 9.17) is 9.84 Å². The fourth-order valence-corrected chi connectivity index (χ4v) is 4.14. The average molecular weight is 376 g/mol. The van der Waals surface area contributed by atoms with Crippen LogP contribution >= 0.6 is 0 Å². The number of carboxylic acid groups (broad SMARTS) is 1. The van der Waals surface area contributed by atoms with Crippen LogP contribution in [0.1, 0.15) is 15.9 Å². The number of nitrogens with zero attached hydrogens (tertiary/aromatic N) is 1. The second-order valence-electron chi connectivity index (χ2n) is 6.04. The number of ether oxygens (including phenoxy) is 1. The highest BCUT2D eigenvalue weighted by Crippen LogP contribution is 2.24. The Bertz CT molecular complexity index is 921. The molecule has 0 saturated carbocycles. The van der Waals surface area contributed by atoms with Crippen LogP contribution in [0.15, 0.2) is 47.4 Å². The molecule has 0 bridgehead atoms. The van der Waals surface area contributed by atoms with Crippen molar-refractivity contribution in [1.29, 1.82) is 0 Å². The van der Waals surface area contributed by atoms with E-state index in [1.165, 1.54) is 18.2 Å². The Kier molecular flexibility index (Phi) is 5.15. The minimum absolute atomic E-state index is 0.0471. The van der Waals surface area contributed by atoms with Crippen LogP contribution < -0.4 is 9.62 Å². The SMILES string of the molecule is Cc1ccc(C(=O)O)cc1S(=O)(=O)Nc1cccc(N2CCOCC2)c1. The van der Waals surface area contributed by atoms with Crippen LogP contribution in [-0.2, 0) is 14.8 Å². The van der Waals surface area contributed by atoms with Crippen molar-refractivity contribution < 1.29 is 23.1 Å². The number of morpholine rings is 1. The maximum Gasteiger partial charge on any atom is 0.335 e. The topological polar surface area (TPSA) is 95.9 Å². The van der Waals surface area contributed by atoms with Gasteiger partial charge in [-0.25, -0.2) is 13.2 Å². The van der Waals surface area contributed by atoms with E-state index >= 15 is 0 Å². The molecule has 2 N–H and O–H groups in total. The molecular formula is C18H20N2O5S. The van der Waals surface area contributed by atoms with E-state index in [-0.39, 0.29) is 10.5 Å². The van der Waals surface area contributed by atoms with Crippen molar-refractivity contribution >= 4 is 27.4 Å². The van der Waals surface area contributed by atoms with Gasteiger partial charge < -0.3 is 14.7 Å². The Morgan fingerprint density at radius 1 is 1.15 bits per heavy atom. The van der Waals surface area contributed by atoms with Crippen LogP contribution in [0.2, 0.25) is 0 Å². The summed E-state index contributed by atoms with van der Waals surface area (Å²) >= 11 is 0. The van der Waals surface area contributed by atoms with Crippen LogP contribution in [0, 0.1) is 6.92 Å². The molecule has 1 saturated heterocycles. The van der Waals surface area contributed by atoms with Crippen LogP contribution in [0.3, 0.4) is 0 Å². The molecule has 138 valence electrons. The summed E-state index contributed by atoms with van der Waals surface area (Å²) in [6.07, 6.45) is 0.